The van der Waals surface area contributed by atoms with Crippen molar-refractivity contribution in [1.29, 1.82) is 0 Å². The van der Waals surface area contributed by atoms with Gasteiger partial charge in [0.1, 0.15) is 12.4 Å². The van der Waals surface area contributed by atoms with Crippen LogP contribution in [0.4, 0.5) is 0 Å². The van der Waals surface area contributed by atoms with Gasteiger partial charge in [0.15, 0.2) is 0 Å². The van der Waals surface area contributed by atoms with Gasteiger partial charge in [-0.2, -0.15) is 0 Å². The second kappa shape index (κ2) is 31.1. The molecular formula is C31H55Cl2O10P. The van der Waals surface area contributed by atoms with Crippen molar-refractivity contribution in [2.45, 2.75) is 58.3 Å². The molecule has 0 aliphatic rings. The highest BCUT2D eigenvalue weighted by molar-refractivity contribution is 8.05. The molecule has 0 atom stereocenters. The Morgan fingerprint density at radius 2 is 0.864 bits per heavy atom. The number of ether oxygens (including phenoxy) is 8. The van der Waals surface area contributed by atoms with Crippen LogP contribution in [0.5, 0.6) is 5.75 Å². The molecule has 0 spiro atoms. The first-order valence-electron chi connectivity index (χ1n) is 15.9. The summed E-state index contributed by atoms with van der Waals surface area (Å²) in [5, 5.41) is 0. The number of unbranched alkanes of at least 4 members (excludes halogenated alkanes) is 6. The standard InChI is InChI=1S/C31H55Cl2O10P/c1-2-3-4-5-6-7-8-9-30-10-12-31(13-11-30)42-28-26-40-24-22-38-20-18-36-16-14-35-15-17-37-19-21-39-23-25-41-27-29-43-44(32,33)34/h10-13H,2-9,14-29H2,1H3. The summed E-state index contributed by atoms with van der Waals surface area (Å²) in [6, 6.07) is 8.42. The van der Waals surface area contributed by atoms with Gasteiger partial charge < -0.3 is 42.4 Å². The minimum atomic E-state index is -3.49. The van der Waals surface area contributed by atoms with E-state index >= 15 is 0 Å². The van der Waals surface area contributed by atoms with Crippen LogP contribution < -0.4 is 4.74 Å². The molecule has 13 heteroatoms. The molecule has 0 heterocycles. The maximum Gasteiger partial charge on any atom is 0.380 e. The van der Waals surface area contributed by atoms with Crippen LogP contribution in [0.15, 0.2) is 24.3 Å². The Bertz CT molecular complexity index is 785. The van der Waals surface area contributed by atoms with Gasteiger partial charge in [-0.3, -0.25) is 4.57 Å². The fraction of sp³-hybridized carbons (Fsp3) is 0.806. The normalized spacial score (nSPS) is 11.8. The lowest BCUT2D eigenvalue weighted by atomic mass is 10.0. The van der Waals surface area contributed by atoms with Crippen molar-refractivity contribution in [3.8, 4) is 5.75 Å². The molecule has 0 saturated heterocycles. The zero-order chi connectivity index (χ0) is 31.8. The molecule has 1 aromatic rings. The summed E-state index contributed by atoms with van der Waals surface area (Å²) in [7, 11) is 0. The minimum Gasteiger partial charge on any atom is -0.491 e. The third kappa shape index (κ3) is 30.2. The Morgan fingerprint density at radius 3 is 1.27 bits per heavy atom. The second-order valence-electron chi connectivity index (χ2n) is 9.90. The van der Waals surface area contributed by atoms with Crippen LogP contribution in [0.25, 0.3) is 0 Å². The van der Waals surface area contributed by atoms with Crippen molar-refractivity contribution in [1.82, 2.24) is 0 Å². The molecule has 0 saturated carbocycles. The second-order valence-corrected chi connectivity index (χ2v) is 14.2. The van der Waals surface area contributed by atoms with E-state index in [1.165, 1.54) is 50.5 Å². The highest BCUT2D eigenvalue weighted by atomic mass is 35.9. The molecule has 258 valence electrons. The number of halogens is 2. The van der Waals surface area contributed by atoms with Crippen LogP contribution in [-0.4, -0.2) is 106 Å². The van der Waals surface area contributed by atoms with E-state index in [0.29, 0.717) is 92.5 Å². The van der Waals surface area contributed by atoms with E-state index in [2.05, 4.69) is 23.6 Å². The van der Waals surface area contributed by atoms with Gasteiger partial charge in [0, 0.05) is 0 Å². The van der Waals surface area contributed by atoms with E-state index in [9.17, 15) is 4.57 Å². The van der Waals surface area contributed by atoms with E-state index in [-0.39, 0.29) is 13.2 Å². The highest BCUT2D eigenvalue weighted by Gasteiger charge is 2.13. The molecule has 10 nitrogen and oxygen atoms in total. The van der Waals surface area contributed by atoms with Crippen molar-refractivity contribution in [3.63, 3.8) is 0 Å². The Morgan fingerprint density at radius 1 is 0.500 bits per heavy atom. The van der Waals surface area contributed by atoms with Crippen LogP contribution >= 0.6 is 28.6 Å². The van der Waals surface area contributed by atoms with E-state index in [0.717, 1.165) is 12.2 Å². The molecule has 0 aliphatic heterocycles. The van der Waals surface area contributed by atoms with Crippen LogP contribution in [0, 0.1) is 0 Å². The van der Waals surface area contributed by atoms with Crippen molar-refractivity contribution >= 4 is 28.6 Å². The van der Waals surface area contributed by atoms with Crippen LogP contribution in [0.1, 0.15) is 57.4 Å². The Hall–Kier alpha value is -0.490. The average Bonchev–Trinajstić information content (AvgIpc) is 3.00. The predicted molar refractivity (Wildman–Crippen MR) is 175 cm³/mol. The summed E-state index contributed by atoms with van der Waals surface area (Å²) in [6.07, 6.45) is 7.00. The van der Waals surface area contributed by atoms with Gasteiger partial charge in [-0.1, -0.05) is 57.6 Å². The first-order chi connectivity index (χ1) is 21.5. The Balaban J connectivity index is 1.74. The molecule has 0 bridgehead atoms. The van der Waals surface area contributed by atoms with Gasteiger partial charge in [0.05, 0.1) is 99.1 Å². The van der Waals surface area contributed by atoms with E-state index in [1.807, 2.05) is 12.1 Å². The smallest absolute Gasteiger partial charge is 0.380 e. The lowest BCUT2D eigenvalue weighted by molar-refractivity contribution is -0.0218. The van der Waals surface area contributed by atoms with Gasteiger partial charge >= 0.3 is 6.07 Å². The van der Waals surface area contributed by atoms with Crippen molar-refractivity contribution in [2.24, 2.45) is 0 Å². The molecule has 0 N–H and O–H groups in total. The van der Waals surface area contributed by atoms with Gasteiger partial charge in [0.25, 0.3) is 0 Å². The Kier molecular flexibility index (Phi) is 29.4. The van der Waals surface area contributed by atoms with E-state index in [4.69, 9.17) is 60.4 Å². The summed E-state index contributed by atoms with van der Waals surface area (Å²) in [5.41, 5.74) is 1.38. The van der Waals surface area contributed by atoms with E-state index < -0.39 is 6.07 Å². The number of hydrogen-bond donors (Lipinski definition) is 0. The predicted octanol–water partition coefficient (Wildman–Crippen LogP) is 7.08. The maximum absolute atomic E-state index is 10.9. The van der Waals surface area contributed by atoms with Gasteiger partial charge in [-0.05, 0) is 53.0 Å². The molecule has 44 heavy (non-hydrogen) atoms. The SMILES string of the molecule is CCCCCCCCCc1ccc(OCCOCCOCCOCCOCCOCCOCCOCCOP(=O)(Cl)Cl)cc1. The molecular weight excluding hydrogens is 634 g/mol. The largest absolute Gasteiger partial charge is 0.491 e. The first-order valence-corrected chi connectivity index (χ1v) is 19.3. The maximum atomic E-state index is 10.9. The number of rotatable bonds is 34. The molecule has 0 radical (unpaired) electrons. The number of aryl methyl sites for hydroxylation is 1. The van der Waals surface area contributed by atoms with Crippen molar-refractivity contribution in [2.75, 3.05) is 106 Å². The minimum absolute atomic E-state index is 0.0639. The molecule has 0 fully saturated rings. The van der Waals surface area contributed by atoms with Crippen molar-refractivity contribution < 1.29 is 47.0 Å². The molecule has 1 aromatic carbocycles. The van der Waals surface area contributed by atoms with Crippen LogP contribution in [-0.2, 0) is 48.7 Å². The quantitative estimate of drug-likeness (QED) is 0.0552. The lowest BCUT2D eigenvalue weighted by Gasteiger charge is -2.09. The monoisotopic (exact) mass is 688 g/mol. The molecule has 0 aromatic heterocycles. The topological polar surface area (TPSA) is 100 Å². The summed E-state index contributed by atoms with van der Waals surface area (Å²) < 4.78 is 59.4. The van der Waals surface area contributed by atoms with Crippen LogP contribution in [0.3, 0.4) is 0 Å². The summed E-state index contributed by atoms with van der Waals surface area (Å²) in [4.78, 5) is 0. The zero-order valence-corrected chi connectivity index (χ0v) is 29.0. The highest BCUT2D eigenvalue weighted by Crippen LogP contribution is 2.57. The fourth-order valence-electron chi connectivity index (χ4n) is 3.88. The fourth-order valence-corrected chi connectivity index (χ4v) is 4.58. The Labute approximate surface area is 274 Å². The summed E-state index contributed by atoms with van der Waals surface area (Å²) in [6.45, 7) is 9.32. The summed E-state index contributed by atoms with van der Waals surface area (Å²) in [5.74, 6) is 0.880. The third-order valence-electron chi connectivity index (χ3n) is 6.19. The lowest BCUT2D eigenvalue weighted by Crippen LogP contribution is -2.15. The molecule has 0 amide bonds. The zero-order valence-electron chi connectivity index (χ0n) is 26.6. The molecule has 0 aliphatic carbocycles. The van der Waals surface area contributed by atoms with Gasteiger partial charge in [-0.25, -0.2) is 0 Å². The van der Waals surface area contributed by atoms with Crippen LogP contribution in [0.2, 0.25) is 0 Å². The average molecular weight is 690 g/mol. The first kappa shape index (κ1) is 41.5. The molecule has 0 unspecified atom stereocenters. The van der Waals surface area contributed by atoms with Gasteiger partial charge in [0.2, 0.25) is 0 Å². The van der Waals surface area contributed by atoms with E-state index in [1.54, 1.807) is 0 Å². The van der Waals surface area contributed by atoms with Gasteiger partial charge in [-0.15, -0.1) is 0 Å². The molecule has 1 rings (SSSR count). The number of hydrogen-bond acceptors (Lipinski definition) is 10. The summed E-state index contributed by atoms with van der Waals surface area (Å²) >= 11 is 10.5. The number of benzene rings is 1. The van der Waals surface area contributed by atoms with Crippen molar-refractivity contribution in [3.05, 3.63) is 29.8 Å². The third-order valence-corrected chi connectivity index (χ3v) is 7.26.